The van der Waals surface area contributed by atoms with Gasteiger partial charge in [0.15, 0.2) is 5.95 Å². The minimum atomic E-state index is 0.575. The van der Waals surface area contributed by atoms with Gasteiger partial charge in [-0.1, -0.05) is 28.1 Å². The van der Waals surface area contributed by atoms with Gasteiger partial charge in [0.1, 0.15) is 0 Å². The molecule has 1 aromatic carbocycles. The number of nitrogens with zero attached hydrogens (tertiary/aromatic N) is 2. The molecule has 2 rings (SSSR count). The highest BCUT2D eigenvalue weighted by Gasteiger charge is 2.10. The zero-order valence-electron chi connectivity index (χ0n) is 10.3. The highest BCUT2D eigenvalue weighted by atomic mass is 79.9. The molecule has 0 aliphatic rings. The van der Waals surface area contributed by atoms with E-state index in [-0.39, 0.29) is 0 Å². The Kier molecular flexibility index (Phi) is 3.24. The largest absolute Gasteiger partial charge is 0.369 e. The number of halogens is 1. The van der Waals surface area contributed by atoms with Crippen LogP contribution in [0, 0.1) is 13.8 Å². The highest BCUT2D eigenvalue weighted by molar-refractivity contribution is 9.10. The molecule has 0 unspecified atom stereocenters. The molecule has 0 atom stereocenters. The Balaban J connectivity index is 2.34. The van der Waals surface area contributed by atoms with E-state index in [1.165, 1.54) is 16.8 Å². The van der Waals surface area contributed by atoms with Crippen LogP contribution in [0.15, 0.2) is 22.7 Å². The minimum Gasteiger partial charge on any atom is -0.369 e. The Morgan fingerprint density at radius 1 is 1.35 bits per heavy atom. The van der Waals surface area contributed by atoms with Gasteiger partial charge in [-0.25, -0.2) is 4.98 Å². The van der Waals surface area contributed by atoms with E-state index in [1.807, 2.05) is 18.5 Å². The van der Waals surface area contributed by atoms with Gasteiger partial charge in [0.2, 0.25) is 0 Å². The van der Waals surface area contributed by atoms with Gasteiger partial charge in [-0.2, -0.15) is 0 Å². The fraction of sp³-hybridized carbons (Fsp3) is 0.308. The number of benzene rings is 1. The van der Waals surface area contributed by atoms with Crippen LogP contribution in [0.1, 0.15) is 22.5 Å². The molecule has 1 heterocycles. The minimum absolute atomic E-state index is 0.575. The van der Waals surface area contributed by atoms with Crippen LogP contribution in [0.3, 0.4) is 0 Å². The summed E-state index contributed by atoms with van der Waals surface area (Å²) in [6, 6.07) is 6.39. The summed E-state index contributed by atoms with van der Waals surface area (Å²) in [6.07, 6.45) is 0.862. The van der Waals surface area contributed by atoms with Gasteiger partial charge in [-0.05, 0) is 31.0 Å². The number of anilines is 1. The Morgan fingerprint density at radius 3 is 2.59 bits per heavy atom. The van der Waals surface area contributed by atoms with Gasteiger partial charge in [0, 0.05) is 23.6 Å². The molecule has 0 aliphatic carbocycles. The van der Waals surface area contributed by atoms with Gasteiger partial charge in [0.25, 0.3) is 0 Å². The van der Waals surface area contributed by atoms with E-state index in [2.05, 4.69) is 46.0 Å². The predicted octanol–water partition coefficient (Wildman–Crippen LogP) is 2.97. The summed E-state index contributed by atoms with van der Waals surface area (Å²) in [4.78, 5) is 4.28. The maximum absolute atomic E-state index is 5.79. The van der Waals surface area contributed by atoms with Crippen molar-refractivity contribution in [1.29, 1.82) is 0 Å². The summed E-state index contributed by atoms with van der Waals surface area (Å²) in [7, 11) is 1.95. The molecule has 0 saturated heterocycles. The number of imidazole rings is 1. The van der Waals surface area contributed by atoms with Crippen molar-refractivity contribution in [3.05, 3.63) is 45.2 Å². The van der Waals surface area contributed by atoms with Crippen LogP contribution in [0.5, 0.6) is 0 Å². The lowest BCUT2D eigenvalue weighted by Gasteiger charge is -2.07. The first-order valence-electron chi connectivity index (χ1n) is 5.51. The van der Waals surface area contributed by atoms with E-state index in [0.29, 0.717) is 5.95 Å². The standard InChI is InChI=1S/C13H16BrN3/c1-8-6-10(4-5-11(8)14)7-12-9(2)16-13(15)17(12)3/h4-6H,7H2,1-3H3,(H2,15,16). The van der Waals surface area contributed by atoms with Crippen LogP contribution < -0.4 is 5.73 Å². The lowest BCUT2D eigenvalue weighted by atomic mass is 10.1. The second-order valence-corrected chi connectivity index (χ2v) is 5.18. The van der Waals surface area contributed by atoms with E-state index >= 15 is 0 Å². The average Bonchev–Trinajstić information content (AvgIpc) is 2.50. The van der Waals surface area contributed by atoms with Gasteiger partial charge in [-0.3, -0.25) is 0 Å². The molecular weight excluding hydrogens is 278 g/mol. The molecule has 0 amide bonds. The lowest BCUT2D eigenvalue weighted by molar-refractivity contribution is 0.852. The molecule has 2 aromatic rings. The van der Waals surface area contributed by atoms with E-state index < -0.39 is 0 Å². The first-order valence-corrected chi connectivity index (χ1v) is 6.31. The molecule has 0 radical (unpaired) electrons. The highest BCUT2D eigenvalue weighted by Crippen LogP contribution is 2.21. The Labute approximate surface area is 110 Å². The number of aromatic nitrogens is 2. The molecule has 0 bridgehead atoms. The molecule has 0 spiro atoms. The van der Waals surface area contributed by atoms with Gasteiger partial charge in [-0.15, -0.1) is 0 Å². The fourth-order valence-electron chi connectivity index (χ4n) is 1.95. The second kappa shape index (κ2) is 4.53. The summed E-state index contributed by atoms with van der Waals surface area (Å²) in [5.41, 5.74) is 10.5. The smallest absolute Gasteiger partial charge is 0.200 e. The van der Waals surface area contributed by atoms with Crippen LogP contribution >= 0.6 is 15.9 Å². The van der Waals surface area contributed by atoms with Crippen molar-refractivity contribution < 1.29 is 0 Å². The zero-order chi connectivity index (χ0) is 12.6. The predicted molar refractivity (Wildman–Crippen MR) is 74.0 cm³/mol. The van der Waals surface area contributed by atoms with Crippen LogP contribution in [0.4, 0.5) is 5.95 Å². The third kappa shape index (κ3) is 2.36. The molecular formula is C13H16BrN3. The van der Waals surface area contributed by atoms with E-state index in [1.54, 1.807) is 0 Å². The molecule has 0 aliphatic heterocycles. The Morgan fingerprint density at radius 2 is 2.06 bits per heavy atom. The Hall–Kier alpha value is -1.29. The van der Waals surface area contributed by atoms with Crippen LogP contribution in [0.2, 0.25) is 0 Å². The molecule has 3 nitrogen and oxygen atoms in total. The van der Waals surface area contributed by atoms with Gasteiger partial charge in [0.05, 0.1) is 5.69 Å². The van der Waals surface area contributed by atoms with Crippen LogP contribution in [0.25, 0.3) is 0 Å². The molecule has 17 heavy (non-hydrogen) atoms. The summed E-state index contributed by atoms with van der Waals surface area (Å²) in [6.45, 7) is 4.09. The van der Waals surface area contributed by atoms with E-state index in [9.17, 15) is 0 Å². The SMILES string of the molecule is Cc1cc(Cc2c(C)nc(N)n2C)ccc1Br. The number of hydrogen-bond donors (Lipinski definition) is 1. The van der Waals surface area contributed by atoms with Crippen LogP contribution in [-0.2, 0) is 13.5 Å². The quantitative estimate of drug-likeness (QED) is 0.925. The lowest BCUT2D eigenvalue weighted by Crippen LogP contribution is -2.02. The first kappa shape index (κ1) is 12.2. The number of nitrogen functional groups attached to an aromatic ring is 1. The van der Waals surface area contributed by atoms with E-state index in [0.717, 1.165) is 16.6 Å². The second-order valence-electron chi connectivity index (χ2n) is 4.32. The summed E-state index contributed by atoms with van der Waals surface area (Å²) in [5, 5.41) is 0. The van der Waals surface area contributed by atoms with E-state index in [4.69, 9.17) is 5.73 Å². The third-order valence-corrected chi connectivity index (χ3v) is 3.93. The number of aryl methyl sites for hydroxylation is 2. The summed E-state index contributed by atoms with van der Waals surface area (Å²) in [5.74, 6) is 0.575. The van der Waals surface area contributed by atoms with Gasteiger partial charge < -0.3 is 10.3 Å². The number of hydrogen-bond acceptors (Lipinski definition) is 2. The van der Waals surface area contributed by atoms with Crippen molar-refractivity contribution in [2.75, 3.05) is 5.73 Å². The van der Waals surface area contributed by atoms with Crippen molar-refractivity contribution >= 4 is 21.9 Å². The Bertz CT molecular complexity index is 558. The summed E-state index contributed by atoms with van der Waals surface area (Å²) >= 11 is 3.51. The van der Waals surface area contributed by atoms with Crippen molar-refractivity contribution in [3.63, 3.8) is 0 Å². The maximum atomic E-state index is 5.79. The molecule has 90 valence electrons. The maximum Gasteiger partial charge on any atom is 0.200 e. The van der Waals surface area contributed by atoms with Crippen molar-refractivity contribution in [2.45, 2.75) is 20.3 Å². The van der Waals surface area contributed by atoms with Crippen molar-refractivity contribution in [2.24, 2.45) is 7.05 Å². The number of nitrogens with two attached hydrogens (primary N) is 1. The van der Waals surface area contributed by atoms with Crippen molar-refractivity contribution in [1.82, 2.24) is 9.55 Å². The zero-order valence-corrected chi connectivity index (χ0v) is 11.9. The molecule has 0 fully saturated rings. The molecule has 2 N–H and O–H groups in total. The average molecular weight is 294 g/mol. The normalized spacial score (nSPS) is 10.8. The number of rotatable bonds is 2. The topological polar surface area (TPSA) is 43.8 Å². The monoisotopic (exact) mass is 293 g/mol. The van der Waals surface area contributed by atoms with Crippen molar-refractivity contribution in [3.8, 4) is 0 Å². The summed E-state index contributed by atoms with van der Waals surface area (Å²) < 4.78 is 3.09. The first-order chi connectivity index (χ1) is 7.99. The molecule has 4 heteroatoms. The van der Waals surface area contributed by atoms with Crippen LogP contribution in [-0.4, -0.2) is 9.55 Å². The third-order valence-electron chi connectivity index (χ3n) is 3.04. The molecule has 1 aromatic heterocycles. The molecule has 0 saturated carbocycles. The fourth-order valence-corrected chi connectivity index (χ4v) is 2.20. The van der Waals surface area contributed by atoms with Gasteiger partial charge >= 0.3 is 0 Å².